The van der Waals surface area contributed by atoms with Gasteiger partial charge in [0.15, 0.2) is 0 Å². The van der Waals surface area contributed by atoms with Gasteiger partial charge >= 0.3 is 0 Å². The summed E-state index contributed by atoms with van der Waals surface area (Å²) in [6.45, 7) is 0.832. The molecule has 0 radical (unpaired) electrons. The van der Waals surface area contributed by atoms with Crippen molar-refractivity contribution in [3.63, 3.8) is 0 Å². The van der Waals surface area contributed by atoms with E-state index in [2.05, 4.69) is 43.3 Å². The largest absolute Gasteiger partial charge is 0.381 e. The minimum absolute atomic E-state index is 0.606. The number of hydrogen-bond acceptors (Lipinski definition) is 7. The van der Waals surface area contributed by atoms with E-state index in [1.54, 1.807) is 22.2 Å². The quantitative estimate of drug-likeness (QED) is 0.709. The number of rotatable bonds is 7. The maximum absolute atomic E-state index is 4.65. The van der Waals surface area contributed by atoms with Crippen LogP contribution in [-0.4, -0.2) is 37.6 Å². The van der Waals surface area contributed by atoms with Crippen LogP contribution in [0.3, 0.4) is 0 Å². The molecule has 1 N–H and O–H groups in total. The molecular formula is C15H18N6S2. The number of nitrogens with one attached hydrogen (secondary N) is 1. The predicted octanol–water partition coefficient (Wildman–Crippen LogP) is 2.98. The summed E-state index contributed by atoms with van der Waals surface area (Å²) >= 11 is 3.55. The van der Waals surface area contributed by atoms with Crippen molar-refractivity contribution >= 4 is 34.4 Å². The first-order valence-corrected chi connectivity index (χ1v) is 9.98. The fourth-order valence-electron chi connectivity index (χ4n) is 2.53. The van der Waals surface area contributed by atoms with Crippen molar-refractivity contribution in [1.82, 2.24) is 24.8 Å². The summed E-state index contributed by atoms with van der Waals surface area (Å²) in [7, 11) is 0. The first kappa shape index (κ1) is 14.9. The van der Waals surface area contributed by atoms with Gasteiger partial charge in [-0.2, -0.15) is 21.4 Å². The average Bonchev–Trinajstić information content (AvgIpc) is 3.13. The minimum atomic E-state index is 0.606. The highest BCUT2D eigenvalue weighted by Crippen LogP contribution is 2.39. The molecule has 0 unspecified atom stereocenters. The van der Waals surface area contributed by atoms with Gasteiger partial charge in [0.2, 0.25) is 5.65 Å². The van der Waals surface area contributed by atoms with Crippen LogP contribution < -0.4 is 5.32 Å². The second-order valence-electron chi connectivity index (χ2n) is 5.70. The lowest BCUT2D eigenvalue weighted by Crippen LogP contribution is -2.08. The Bertz CT molecular complexity index is 807. The van der Waals surface area contributed by atoms with Gasteiger partial charge in [0.1, 0.15) is 11.3 Å². The molecule has 1 aliphatic rings. The Morgan fingerprint density at radius 2 is 2.35 bits per heavy atom. The normalized spacial score (nSPS) is 14.5. The van der Waals surface area contributed by atoms with Crippen molar-refractivity contribution < 1.29 is 0 Å². The highest BCUT2D eigenvalue weighted by Gasteiger charge is 2.26. The van der Waals surface area contributed by atoms with E-state index in [0.29, 0.717) is 5.92 Å². The lowest BCUT2D eigenvalue weighted by Gasteiger charge is -2.08. The van der Waals surface area contributed by atoms with E-state index in [4.69, 9.17) is 0 Å². The standard InChI is InChI=1S/C15H18N6S2/c1-22-8-14-18-11(7-23-14)4-5-16-13-6-12(10-2-3-10)20-21-9-17-19-15(13)21/h6-7,9-10,16H,2-5,8H2,1H3. The number of thioether (sulfide) groups is 1. The van der Waals surface area contributed by atoms with Crippen LogP contribution >= 0.6 is 23.1 Å². The zero-order chi connectivity index (χ0) is 15.6. The molecule has 0 bridgehead atoms. The maximum Gasteiger partial charge on any atom is 0.200 e. The molecule has 0 aromatic carbocycles. The monoisotopic (exact) mass is 346 g/mol. The molecule has 4 rings (SSSR count). The van der Waals surface area contributed by atoms with Gasteiger partial charge in [-0.05, 0) is 25.2 Å². The second kappa shape index (κ2) is 6.45. The number of thiazole rings is 1. The molecule has 0 saturated heterocycles. The number of fused-ring (bicyclic) bond motifs is 1. The summed E-state index contributed by atoms with van der Waals surface area (Å²) in [6.07, 6.45) is 7.15. The number of nitrogens with zero attached hydrogens (tertiary/aromatic N) is 5. The molecule has 6 nitrogen and oxygen atoms in total. The molecule has 1 saturated carbocycles. The summed E-state index contributed by atoms with van der Waals surface area (Å²) in [5.74, 6) is 1.60. The van der Waals surface area contributed by atoms with E-state index >= 15 is 0 Å². The topological polar surface area (TPSA) is 68.0 Å². The van der Waals surface area contributed by atoms with Gasteiger partial charge in [0.05, 0.1) is 17.1 Å². The Morgan fingerprint density at radius 1 is 1.43 bits per heavy atom. The summed E-state index contributed by atoms with van der Waals surface area (Å²) in [6, 6.07) is 2.13. The molecule has 23 heavy (non-hydrogen) atoms. The summed E-state index contributed by atoms with van der Waals surface area (Å²) in [4.78, 5) is 4.65. The first-order valence-electron chi connectivity index (χ1n) is 7.70. The van der Waals surface area contributed by atoms with Gasteiger partial charge in [0, 0.05) is 30.0 Å². The van der Waals surface area contributed by atoms with Crippen LogP contribution in [0.2, 0.25) is 0 Å². The molecule has 8 heteroatoms. The highest BCUT2D eigenvalue weighted by molar-refractivity contribution is 7.97. The highest BCUT2D eigenvalue weighted by atomic mass is 32.2. The lowest BCUT2D eigenvalue weighted by atomic mass is 10.2. The van der Waals surface area contributed by atoms with Crippen LogP contribution in [0.5, 0.6) is 0 Å². The average molecular weight is 346 g/mol. The van der Waals surface area contributed by atoms with Crippen molar-refractivity contribution in [1.29, 1.82) is 0 Å². The van der Waals surface area contributed by atoms with Crippen molar-refractivity contribution in [3.05, 3.63) is 34.2 Å². The summed E-state index contributed by atoms with van der Waals surface area (Å²) in [5, 5.41) is 19.6. The minimum Gasteiger partial charge on any atom is -0.381 e. The van der Waals surface area contributed by atoms with Gasteiger partial charge in [-0.1, -0.05) is 0 Å². The molecule has 0 aliphatic heterocycles. The smallest absolute Gasteiger partial charge is 0.200 e. The molecule has 3 heterocycles. The van der Waals surface area contributed by atoms with Crippen LogP contribution in [0, 0.1) is 0 Å². The van der Waals surface area contributed by atoms with Crippen molar-refractivity contribution in [2.75, 3.05) is 18.1 Å². The first-order chi connectivity index (χ1) is 11.3. The van der Waals surface area contributed by atoms with E-state index in [0.717, 1.165) is 41.4 Å². The Morgan fingerprint density at radius 3 is 3.17 bits per heavy atom. The third-order valence-electron chi connectivity index (χ3n) is 3.85. The van der Waals surface area contributed by atoms with Gasteiger partial charge in [-0.15, -0.1) is 21.5 Å². The Labute approximate surface area is 142 Å². The molecule has 3 aromatic heterocycles. The number of aromatic nitrogens is 5. The van der Waals surface area contributed by atoms with E-state index < -0.39 is 0 Å². The third-order valence-corrected chi connectivity index (χ3v) is 5.49. The summed E-state index contributed by atoms with van der Waals surface area (Å²) in [5.41, 5.74) is 4.09. The Kier molecular flexibility index (Phi) is 4.17. The molecule has 1 fully saturated rings. The number of anilines is 1. The van der Waals surface area contributed by atoms with Gasteiger partial charge in [-0.3, -0.25) is 0 Å². The zero-order valence-electron chi connectivity index (χ0n) is 12.9. The fraction of sp³-hybridized carbons (Fsp3) is 0.467. The van der Waals surface area contributed by atoms with E-state index in [9.17, 15) is 0 Å². The van der Waals surface area contributed by atoms with Gasteiger partial charge in [-0.25, -0.2) is 4.98 Å². The zero-order valence-corrected chi connectivity index (χ0v) is 14.5. The van der Waals surface area contributed by atoms with E-state index in [1.807, 2.05) is 11.8 Å². The third kappa shape index (κ3) is 3.32. The van der Waals surface area contributed by atoms with Gasteiger partial charge < -0.3 is 5.32 Å². The maximum atomic E-state index is 4.65. The van der Waals surface area contributed by atoms with Crippen LogP contribution in [0.25, 0.3) is 5.65 Å². The van der Waals surface area contributed by atoms with Crippen LogP contribution in [0.15, 0.2) is 17.8 Å². The van der Waals surface area contributed by atoms with E-state index in [-0.39, 0.29) is 0 Å². The van der Waals surface area contributed by atoms with Crippen LogP contribution in [0.4, 0.5) is 5.69 Å². The SMILES string of the molecule is CSCc1nc(CCNc2cc(C3CC3)nn3cnnc23)cs1. The molecule has 1 aliphatic carbocycles. The Balaban J connectivity index is 1.45. The molecular weight excluding hydrogens is 328 g/mol. The molecule has 0 atom stereocenters. The lowest BCUT2D eigenvalue weighted by molar-refractivity contribution is 0.849. The van der Waals surface area contributed by atoms with Crippen LogP contribution in [-0.2, 0) is 12.2 Å². The second-order valence-corrected chi connectivity index (χ2v) is 7.51. The molecule has 120 valence electrons. The van der Waals surface area contributed by atoms with Crippen molar-refractivity contribution in [2.45, 2.75) is 30.9 Å². The Hall–Kier alpha value is -1.67. The van der Waals surface area contributed by atoms with E-state index in [1.165, 1.54) is 17.8 Å². The van der Waals surface area contributed by atoms with Crippen molar-refractivity contribution in [3.8, 4) is 0 Å². The predicted molar refractivity (Wildman–Crippen MR) is 94.3 cm³/mol. The fourth-order valence-corrected chi connectivity index (χ4v) is 4.08. The van der Waals surface area contributed by atoms with Crippen LogP contribution in [0.1, 0.15) is 35.2 Å². The number of hydrogen-bond donors (Lipinski definition) is 1. The molecule has 3 aromatic rings. The summed E-state index contributed by atoms with van der Waals surface area (Å²) < 4.78 is 1.77. The molecule has 0 amide bonds. The van der Waals surface area contributed by atoms with Gasteiger partial charge in [0.25, 0.3) is 0 Å². The van der Waals surface area contributed by atoms with Crippen molar-refractivity contribution in [2.24, 2.45) is 0 Å². The molecule has 0 spiro atoms.